The van der Waals surface area contributed by atoms with Crippen LogP contribution in [0.3, 0.4) is 0 Å². The second kappa shape index (κ2) is 4.92. The number of likely N-dealkylation sites (N-methyl/N-ethyl adjacent to an activating group) is 1. The molecule has 3 rings (SSSR count). The molecule has 2 amide bonds. The maximum atomic E-state index is 12.3. The van der Waals surface area contributed by atoms with Gasteiger partial charge in [0.25, 0.3) is 0 Å². The highest BCUT2D eigenvalue weighted by molar-refractivity contribution is 5.83. The van der Waals surface area contributed by atoms with Crippen LogP contribution in [0.15, 0.2) is 0 Å². The summed E-state index contributed by atoms with van der Waals surface area (Å²) in [6.45, 7) is 2.55. The molecular formula is C14H20N4O2. The van der Waals surface area contributed by atoms with Crippen molar-refractivity contribution in [2.75, 3.05) is 13.6 Å². The highest BCUT2D eigenvalue weighted by Gasteiger charge is 2.32. The van der Waals surface area contributed by atoms with Crippen molar-refractivity contribution in [3.8, 4) is 0 Å². The van der Waals surface area contributed by atoms with Crippen molar-refractivity contribution in [1.29, 1.82) is 0 Å². The third-order valence-electron chi connectivity index (χ3n) is 4.22. The molecule has 2 N–H and O–H groups in total. The second-order valence-electron chi connectivity index (χ2n) is 5.87. The van der Waals surface area contributed by atoms with Gasteiger partial charge in [-0.1, -0.05) is 0 Å². The van der Waals surface area contributed by atoms with Crippen LogP contribution in [0.5, 0.6) is 0 Å². The Morgan fingerprint density at radius 1 is 1.45 bits per heavy atom. The van der Waals surface area contributed by atoms with E-state index in [-0.39, 0.29) is 23.8 Å². The van der Waals surface area contributed by atoms with Gasteiger partial charge < -0.3 is 15.2 Å². The van der Waals surface area contributed by atoms with E-state index in [1.807, 2.05) is 6.92 Å². The maximum absolute atomic E-state index is 12.3. The van der Waals surface area contributed by atoms with Gasteiger partial charge in [-0.3, -0.25) is 9.59 Å². The molecule has 1 aromatic rings. The lowest BCUT2D eigenvalue weighted by Gasteiger charge is -2.22. The number of fused-ring (bicyclic) bond motifs is 1. The zero-order valence-corrected chi connectivity index (χ0v) is 11.9. The minimum Gasteiger partial charge on any atom is -0.351 e. The van der Waals surface area contributed by atoms with Crippen molar-refractivity contribution >= 4 is 11.8 Å². The number of aryl methyl sites for hydroxylation is 2. The minimum absolute atomic E-state index is 0.0108. The zero-order valence-electron chi connectivity index (χ0n) is 11.9. The summed E-state index contributed by atoms with van der Waals surface area (Å²) in [5, 5.41) is 3.01. The number of nitrogens with zero attached hydrogens (tertiary/aromatic N) is 2. The first-order valence-electron chi connectivity index (χ1n) is 7.11. The number of rotatable bonds is 2. The molecule has 6 heteroatoms. The number of likely N-dealkylation sites (tertiary alicyclic amines) is 1. The summed E-state index contributed by atoms with van der Waals surface area (Å²) < 4.78 is 0. The lowest BCUT2D eigenvalue weighted by molar-refractivity contribution is -0.126. The maximum Gasteiger partial charge on any atom is 0.224 e. The first-order chi connectivity index (χ1) is 9.52. The highest BCUT2D eigenvalue weighted by atomic mass is 16.2. The fourth-order valence-corrected chi connectivity index (χ4v) is 3.13. The van der Waals surface area contributed by atoms with E-state index in [4.69, 9.17) is 0 Å². The molecule has 2 aliphatic rings. The van der Waals surface area contributed by atoms with Crippen LogP contribution >= 0.6 is 0 Å². The first kappa shape index (κ1) is 13.1. The highest BCUT2D eigenvalue weighted by Crippen LogP contribution is 2.24. The van der Waals surface area contributed by atoms with E-state index < -0.39 is 0 Å². The Morgan fingerprint density at radius 2 is 2.25 bits per heavy atom. The number of nitrogens with one attached hydrogen (secondary N) is 2. The van der Waals surface area contributed by atoms with Crippen LogP contribution in [-0.2, 0) is 22.4 Å². The first-order valence-corrected chi connectivity index (χ1v) is 7.11. The summed E-state index contributed by atoms with van der Waals surface area (Å²) in [5.41, 5.74) is 2.19. The summed E-state index contributed by atoms with van der Waals surface area (Å²) in [6, 6.07) is -0.0371. The van der Waals surface area contributed by atoms with Gasteiger partial charge in [-0.2, -0.15) is 0 Å². The molecule has 1 aromatic heterocycles. The van der Waals surface area contributed by atoms with E-state index in [9.17, 15) is 9.59 Å². The van der Waals surface area contributed by atoms with Gasteiger partial charge >= 0.3 is 0 Å². The molecule has 1 saturated heterocycles. The second-order valence-corrected chi connectivity index (χ2v) is 5.87. The Bertz CT molecular complexity index is 551. The number of hydrogen-bond donors (Lipinski definition) is 2. The Balaban J connectivity index is 1.60. The molecule has 0 radical (unpaired) electrons. The molecule has 1 fully saturated rings. The predicted molar refractivity (Wildman–Crippen MR) is 73.0 cm³/mol. The van der Waals surface area contributed by atoms with Crippen molar-refractivity contribution in [3.05, 3.63) is 17.2 Å². The number of aromatic nitrogens is 2. The van der Waals surface area contributed by atoms with Gasteiger partial charge in [0.05, 0.1) is 11.7 Å². The zero-order chi connectivity index (χ0) is 14.3. The number of amides is 2. The topological polar surface area (TPSA) is 78.1 Å². The van der Waals surface area contributed by atoms with Gasteiger partial charge in [-0.05, 0) is 19.8 Å². The predicted octanol–water partition coefficient (Wildman–Crippen LogP) is 0.170. The third-order valence-corrected chi connectivity index (χ3v) is 4.22. The monoisotopic (exact) mass is 276 g/mol. The average Bonchev–Trinajstić information content (AvgIpc) is 2.90. The number of aromatic amines is 1. The van der Waals surface area contributed by atoms with Crippen LogP contribution in [0.4, 0.5) is 0 Å². The normalized spacial score (nSPS) is 25.7. The van der Waals surface area contributed by atoms with Gasteiger partial charge in [0, 0.05) is 38.0 Å². The van der Waals surface area contributed by atoms with Gasteiger partial charge in [0.1, 0.15) is 5.82 Å². The van der Waals surface area contributed by atoms with Gasteiger partial charge in [-0.25, -0.2) is 4.98 Å². The van der Waals surface area contributed by atoms with Crippen LogP contribution < -0.4 is 5.32 Å². The van der Waals surface area contributed by atoms with Crippen LogP contribution in [0.1, 0.15) is 30.1 Å². The molecule has 1 aliphatic heterocycles. The Labute approximate surface area is 117 Å². The Kier molecular flexibility index (Phi) is 3.23. The van der Waals surface area contributed by atoms with Crippen molar-refractivity contribution in [3.63, 3.8) is 0 Å². The Morgan fingerprint density at radius 3 is 2.95 bits per heavy atom. The lowest BCUT2D eigenvalue weighted by atomic mass is 9.89. The lowest BCUT2D eigenvalue weighted by Crippen LogP contribution is -2.41. The van der Waals surface area contributed by atoms with E-state index in [2.05, 4.69) is 15.3 Å². The number of H-pyrrole nitrogens is 1. The summed E-state index contributed by atoms with van der Waals surface area (Å²) in [5.74, 6) is 1.07. The van der Waals surface area contributed by atoms with E-state index in [1.54, 1.807) is 11.9 Å². The molecule has 2 unspecified atom stereocenters. The average molecular weight is 276 g/mol. The molecule has 2 atom stereocenters. The van der Waals surface area contributed by atoms with Gasteiger partial charge in [0.15, 0.2) is 0 Å². The summed E-state index contributed by atoms with van der Waals surface area (Å²) in [4.78, 5) is 33.1. The number of carbonyl (C=O) groups is 2. The third kappa shape index (κ3) is 2.42. The quantitative estimate of drug-likeness (QED) is 0.808. The Hall–Kier alpha value is -1.85. The molecule has 0 aromatic carbocycles. The van der Waals surface area contributed by atoms with Crippen LogP contribution in [0.2, 0.25) is 0 Å². The molecular weight excluding hydrogens is 256 g/mol. The fourth-order valence-electron chi connectivity index (χ4n) is 3.13. The molecule has 20 heavy (non-hydrogen) atoms. The smallest absolute Gasteiger partial charge is 0.224 e. The molecule has 0 bridgehead atoms. The molecule has 0 spiro atoms. The molecule has 0 saturated carbocycles. The summed E-state index contributed by atoms with van der Waals surface area (Å²) in [6.07, 6.45) is 2.82. The van der Waals surface area contributed by atoms with Crippen LogP contribution in [0.25, 0.3) is 0 Å². The summed E-state index contributed by atoms with van der Waals surface area (Å²) >= 11 is 0. The number of hydrogen-bond acceptors (Lipinski definition) is 3. The van der Waals surface area contributed by atoms with E-state index in [1.165, 1.54) is 0 Å². The standard InChI is InChI=1S/C14H20N4O2/c1-8-15-11-4-3-9(5-12(11)16-8)14(20)17-10-6-13(19)18(2)7-10/h9-10H,3-7H2,1-2H3,(H,15,16)(H,17,20). The van der Waals surface area contributed by atoms with E-state index in [0.717, 1.165) is 36.5 Å². The summed E-state index contributed by atoms with van der Waals surface area (Å²) in [7, 11) is 1.77. The van der Waals surface area contributed by atoms with Gasteiger partial charge in [-0.15, -0.1) is 0 Å². The van der Waals surface area contributed by atoms with E-state index >= 15 is 0 Å². The SMILES string of the molecule is Cc1nc2c([nH]1)CC(C(=O)NC1CC(=O)N(C)C1)CC2. The molecule has 2 heterocycles. The fraction of sp³-hybridized carbons (Fsp3) is 0.643. The van der Waals surface area contributed by atoms with E-state index in [0.29, 0.717) is 13.0 Å². The largest absolute Gasteiger partial charge is 0.351 e. The van der Waals surface area contributed by atoms with Crippen LogP contribution in [0, 0.1) is 12.8 Å². The van der Waals surface area contributed by atoms with Crippen LogP contribution in [-0.4, -0.2) is 46.3 Å². The van der Waals surface area contributed by atoms with Crippen molar-refractivity contribution in [2.45, 2.75) is 38.6 Å². The molecule has 1 aliphatic carbocycles. The number of carbonyl (C=O) groups excluding carboxylic acids is 2. The van der Waals surface area contributed by atoms with Crippen molar-refractivity contribution < 1.29 is 9.59 Å². The molecule has 108 valence electrons. The van der Waals surface area contributed by atoms with Gasteiger partial charge in [0.2, 0.25) is 11.8 Å². The number of imidazole rings is 1. The molecule has 6 nitrogen and oxygen atoms in total. The minimum atomic E-state index is -0.0371. The van der Waals surface area contributed by atoms with Crippen molar-refractivity contribution in [2.24, 2.45) is 5.92 Å². The van der Waals surface area contributed by atoms with Crippen molar-refractivity contribution in [1.82, 2.24) is 20.2 Å².